The molecule has 1 saturated heterocycles. The van der Waals surface area contributed by atoms with Crippen LogP contribution in [0.4, 0.5) is 21.3 Å². The number of aromatic nitrogens is 2. The van der Waals surface area contributed by atoms with Crippen molar-refractivity contribution in [3.8, 4) is 0 Å². The quantitative estimate of drug-likeness (QED) is 0.782. The Bertz CT molecular complexity index is 936. The Morgan fingerprint density at radius 2 is 1.79 bits per heavy atom. The Morgan fingerprint density at radius 1 is 1.04 bits per heavy atom. The summed E-state index contributed by atoms with van der Waals surface area (Å²) >= 11 is 1.43. The molecule has 2 N–H and O–H groups in total. The van der Waals surface area contributed by atoms with Gasteiger partial charge in [0.2, 0.25) is 15.2 Å². The van der Waals surface area contributed by atoms with Crippen molar-refractivity contribution >= 4 is 43.9 Å². The third-order valence-electron chi connectivity index (χ3n) is 5.13. The lowest BCUT2D eigenvalue weighted by Gasteiger charge is -2.18. The van der Waals surface area contributed by atoms with Gasteiger partial charge in [-0.15, -0.1) is 10.2 Å². The Balaban J connectivity index is 1.34. The summed E-state index contributed by atoms with van der Waals surface area (Å²) in [6.45, 7) is 0.496. The lowest BCUT2D eigenvalue weighted by Crippen LogP contribution is -2.25. The van der Waals surface area contributed by atoms with Crippen molar-refractivity contribution < 1.29 is 13.2 Å². The van der Waals surface area contributed by atoms with Crippen LogP contribution < -0.4 is 14.9 Å². The molecular formula is C18H23N5O3S2. The van der Waals surface area contributed by atoms with Crippen LogP contribution in [-0.4, -0.2) is 36.9 Å². The molecule has 1 aliphatic carbocycles. The summed E-state index contributed by atoms with van der Waals surface area (Å²) in [6, 6.07) is 6.38. The van der Waals surface area contributed by atoms with E-state index in [4.69, 9.17) is 0 Å². The second kappa shape index (κ2) is 8.04. The van der Waals surface area contributed by atoms with Gasteiger partial charge in [-0.25, -0.2) is 13.2 Å². The first-order valence-corrected chi connectivity index (χ1v) is 12.0. The minimum Gasteiger partial charge on any atom is -0.308 e. The second-order valence-electron chi connectivity index (χ2n) is 7.15. The summed E-state index contributed by atoms with van der Waals surface area (Å²) in [5.74, 6) is 0.638. The van der Waals surface area contributed by atoms with Crippen LogP contribution in [0.5, 0.6) is 0 Å². The zero-order chi connectivity index (χ0) is 19.6. The molecule has 2 fully saturated rings. The topological polar surface area (TPSA) is 104 Å². The lowest BCUT2D eigenvalue weighted by molar-refractivity contribution is 0.262. The van der Waals surface area contributed by atoms with Crippen LogP contribution in [0.3, 0.4) is 0 Å². The number of urea groups is 1. The fourth-order valence-electron chi connectivity index (χ4n) is 3.70. The first kappa shape index (κ1) is 19.1. The van der Waals surface area contributed by atoms with E-state index in [1.54, 1.807) is 24.3 Å². The van der Waals surface area contributed by atoms with Crippen LogP contribution in [0.25, 0.3) is 0 Å². The summed E-state index contributed by atoms with van der Waals surface area (Å²) in [7, 11) is -3.20. The van der Waals surface area contributed by atoms with Gasteiger partial charge in [-0.1, -0.05) is 30.6 Å². The van der Waals surface area contributed by atoms with Crippen molar-refractivity contribution in [3.05, 3.63) is 29.3 Å². The third-order valence-corrected chi connectivity index (χ3v) is 8.00. The van der Waals surface area contributed by atoms with Gasteiger partial charge in [0.15, 0.2) is 0 Å². The number of nitrogens with zero attached hydrogens (tertiary/aromatic N) is 3. The van der Waals surface area contributed by atoms with E-state index in [9.17, 15) is 13.2 Å². The molecule has 2 aromatic rings. The average Bonchev–Trinajstić information content (AvgIpc) is 3.29. The van der Waals surface area contributed by atoms with Crippen LogP contribution in [0.15, 0.2) is 24.3 Å². The average molecular weight is 422 g/mol. The monoisotopic (exact) mass is 421 g/mol. The van der Waals surface area contributed by atoms with Gasteiger partial charge in [0.25, 0.3) is 0 Å². The molecule has 8 nitrogen and oxygen atoms in total. The predicted octanol–water partition coefficient (Wildman–Crippen LogP) is 3.77. The van der Waals surface area contributed by atoms with E-state index in [0.29, 0.717) is 35.4 Å². The maximum atomic E-state index is 12.2. The number of amides is 2. The van der Waals surface area contributed by atoms with E-state index >= 15 is 0 Å². The summed E-state index contributed by atoms with van der Waals surface area (Å²) in [5, 5.41) is 15.2. The van der Waals surface area contributed by atoms with Gasteiger partial charge in [-0.3, -0.25) is 9.62 Å². The molecule has 4 rings (SSSR count). The van der Waals surface area contributed by atoms with Gasteiger partial charge in [0, 0.05) is 18.2 Å². The fraction of sp³-hybridized carbons (Fsp3) is 0.500. The molecule has 2 heterocycles. The summed E-state index contributed by atoms with van der Waals surface area (Å²) < 4.78 is 25.4. The number of hydrogen-bond donors (Lipinski definition) is 2. The molecule has 2 aliphatic rings. The van der Waals surface area contributed by atoms with Gasteiger partial charge in [0.1, 0.15) is 5.01 Å². The second-order valence-corrected chi connectivity index (χ2v) is 10.2. The fourth-order valence-corrected chi connectivity index (χ4v) is 6.17. The largest absolute Gasteiger partial charge is 0.325 e. The Morgan fingerprint density at radius 3 is 2.46 bits per heavy atom. The maximum absolute atomic E-state index is 12.2. The molecule has 0 bridgehead atoms. The van der Waals surface area contributed by atoms with Crippen LogP contribution in [0.2, 0.25) is 0 Å². The number of anilines is 3. The summed E-state index contributed by atoms with van der Waals surface area (Å²) in [5.41, 5.74) is 1.19. The minimum absolute atomic E-state index is 0.181. The highest BCUT2D eigenvalue weighted by molar-refractivity contribution is 7.93. The molecule has 28 heavy (non-hydrogen) atoms. The number of nitrogens with one attached hydrogen (secondary N) is 2. The van der Waals surface area contributed by atoms with E-state index < -0.39 is 16.1 Å². The molecule has 0 unspecified atom stereocenters. The Kier molecular flexibility index (Phi) is 5.49. The molecule has 0 radical (unpaired) electrons. The van der Waals surface area contributed by atoms with Crippen molar-refractivity contribution in [2.75, 3.05) is 27.2 Å². The molecular weight excluding hydrogens is 398 g/mol. The minimum atomic E-state index is -3.20. The maximum Gasteiger partial charge on any atom is 0.325 e. The van der Waals surface area contributed by atoms with E-state index in [1.807, 2.05) is 0 Å². The van der Waals surface area contributed by atoms with Crippen molar-refractivity contribution in [1.29, 1.82) is 0 Å². The van der Waals surface area contributed by atoms with Crippen molar-refractivity contribution in [1.82, 2.24) is 10.2 Å². The van der Waals surface area contributed by atoms with Crippen LogP contribution in [0, 0.1) is 0 Å². The molecule has 0 atom stereocenters. The molecule has 1 saturated carbocycles. The normalized spacial score (nSPS) is 19.5. The first-order valence-electron chi connectivity index (χ1n) is 9.53. The smallest absolute Gasteiger partial charge is 0.308 e. The van der Waals surface area contributed by atoms with Crippen LogP contribution in [0.1, 0.15) is 49.5 Å². The molecule has 0 spiro atoms. The molecule has 10 heteroatoms. The highest BCUT2D eigenvalue weighted by Gasteiger charge is 2.28. The number of rotatable bonds is 4. The number of hydrogen-bond acceptors (Lipinski definition) is 6. The molecule has 1 aliphatic heterocycles. The number of carbonyl (C=O) groups excluding carboxylic acids is 1. The Labute approximate surface area is 168 Å². The molecule has 2 amide bonds. The molecule has 1 aromatic carbocycles. The SMILES string of the molecule is O=C(Nc1ccc(N2CCCS2(=O)=O)cc1)Nc1nnc(C2CCCCC2)s1. The lowest BCUT2D eigenvalue weighted by atomic mass is 9.90. The van der Waals surface area contributed by atoms with Gasteiger partial charge in [-0.05, 0) is 43.5 Å². The van der Waals surface area contributed by atoms with E-state index in [0.717, 1.165) is 17.8 Å². The zero-order valence-electron chi connectivity index (χ0n) is 15.4. The van der Waals surface area contributed by atoms with Gasteiger partial charge >= 0.3 is 6.03 Å². The number of carbonyl (C=O) groups is 1. The van der Waals surface area contributed by atoms with Gasteiger partial charge in [-0.2, -0.15) is 0 Å². The van der Waals surface area contributed by atoms with E-state index in [-0.39, 0.29) is 5.75 Å². The zero-order valence-corrected chi connectivity index (χ0v) is 17.1. The third kappa shape index (κ3) is 4.27. The predicted molar refractivity (Wildman–Crippen MR) is 111 cm³/mol. The number of sulfonamides is 1. The molecule has 1 aromatic heterocycles. The Hall–Kier alpha value is -2.20. The van der Waals surface area contributed by atoms with Crippen molar-refractivity contribution in [2.45, 2.75) is 44.4 Å². The number of benzene rings is 1. The van der Waals surface area contributed by atoms with Crippen LogP contribution >= 0.6 is 11.3 Å². The highest BCUT2D eigenvalue weighted by Crippen LogP contribution is 2.35. The van der Waals surface area contributed by atoms with Gasteiger partial charge in [0.05, 0.1) is 11.4 Å². The van der Waals surface area contributed by atoms with E-state index in [2.05, 4.69) is 20.8 Å². The van der Waals surface area contributed by atoms with Crippen molar-refractivity contribution in [3.63, 3.8) is 0 Å². The molecule has 150 valence electrons. The van der Waals surface area contributed by atoms with E-state index in [1.165, 1.54) is 34.9 Å². The summed E-state index contributed by atoms with van der Waals surface area (Å²) in [4.78, 5) is 12.2. The first-order chi connectivity index (χ1) is 13.5. The highest BCUT2D eigenvalue weighted by atomic mass is 32.2. The summed E-state index contributed by atoms with van der Waals surface area (Å²) in [6.07, 6.45) is 6.64. The van der Waals surface area contributed by atoms with Crippen molar-refractivity contribution in [2.24, 2.45) is 0 Å². The van der Waals surface area contributed by atoms with Gasteiger partial charge < -0.3 is 5.32 Å². The standard InChI is InChI=1S/C18H23N5O3S2/c24-17(20-18-22-21-16(27-18)13-5-2-1-3-6-13)19-14-7-9-15(10-8-14)23-11-4-12-28(23,25)26/h7-10,13H,1-6,11-12H2,(H2,19,20,22,24). The van der Waals surface area contributed by atoms with Crippen LogP contribution in [-0.2, 0) is 10.0 Å².